The zero-order valence-corrected chi connectivity index (χ0v) is 15.6. The summed E-state index contributed by atoms with van der Waals surface area (Å²) in [6.45, 7) is 4.56. The molecule has 0 aliphatic heterocycles. The second kappa shape index (κ2) is 8.91. The quantitative estimate of drug-likeness (QED) is 0.741. The van der Waals surface area contributed by atoms with Crippen LogP contribution in [0.15, 0.2) is 53.4 Å². The molecule has 0 saturated carbocycles. The molecule has 0 saturated heterocycles. The predicted octanol–water partition coefficient (Wildman–Crippen LogP) is 3.08. The van der Waals surface area contributed by atoms with Crippen LogP contribution in [0, 0.1) is 11.7 Å². The van der Waals surface area contributed by atoms with Crippen molar-refractivity contribution in [3.05, 3.63) is 65.5 Å². The Bertz CT molecular complexity index is 849. The number of sulfonamides is 1. The third-order valence-corrected chi connectivity index (χ3v) is 5.26. The van der Waals surface area contributed by atoms with Crippen LogP contribution in [0.2, 0.25) is 0 Å². The summed E-state index contributed by atoms with van der Waals surface area (Å²) in [7, 11) is -3.79. The summed E-state index contributed by atoms with van der Waals surface area (Å²) < 4.78 is 40.6. The van der Waals surface area contributed by atoms with Crippen molar-refractivity contribution in [2.24, 2.45) is 5.92 Å². The summed E-state index contributed by atoms with van der Waals surface area (Å²) in [5, 5.41) is 2.80. The Labute approximate surface area is 153 Å². The highest BCUT2D eigenvalue weighted by Crippen LogP contribution is 2.13. The van der Waals surface area contributed by atoms with Gasteiger partial charge in [-0.3, -0.25) is 4.79 Å². The second-order valence-corrected chi connectivity index (χ2v) is 8.15. The summed E-state index contributed by atoms with van der Waals surface area (Å²) in [5.41, 5.74) is 0.652. The van der Waals surface area contributed by atoms with Crippen LogP contribution in [0.3, 0.4) is 0 Å². The number of amides is 1. The third kappa shape index (κ3) is 5.64. The van der Waals surface area contributed by atoms with E-state index >= 15 is 0 Å². The Hall–Kier alpha value is -2.25. The van der Waals surface area contributed by atoms with Crippen LogP contribution >= 0.6 is 0 Å². The van der Waals surface area contributed by atoms with Crippen LogP contribution < -0.4 is 10.0 Å². The lowest BCUT2D eigenvalue weighted by Gasteiger charge is -2.09. The summed E-state index contributed by atoms with van der Waals surface area (Å²) in [5.74, 6) is -0.221. The number of nitrogens with one attached hydrogen (secondary N) is 2. The van der Waals surface area contributed by atoms with Crippen LogP contribution in [-0.2, 0) is 16.6 Å². The van der Waals surface area contributed by atoms with Crippen molar-refractivity contribution < 1.29 is 17.6 Å². The minimum atomic E-state index is -3.79. The molecule has 0 heterocycles. The van der Waals surface area contributed by atoms with E-state index in [0.717, 1.165) is 6.42 Å². The van der Waals surface area contributed by atoms with Crippen LogP contribution in [0.25, 0.3) is 0 Å². The van der Waals surface area contributed by atoms with Gasteiger partial charge in [0.25, 0.3) is 5.91 Å². The average molecular weight is 378 g/mol. The number of halogens is 1. The molecule has 2 aromatic rings. The second-order valence-electron chi connectivity index (χ2n) is 6.38. The molecule has 0 spiro atoms. The van der Waals surface area contributed by atoms with E-state index in [2.05, 4.69) is 23.9 Å². The molecule has 0 radical (unpaired) electrons. The van der Waals surface area contributed by atoms with E-state index in [1.54, 1.807) is 6.07 Å². The molecule has 2 rings (SSSR count). The molecule has 7 heteroatoms. The first-order valence-electron chi connectivity index (χ1n) is 8.41. The van der Waals surface area contributed by atoms with Gasteiger partial charge in [-0.1, -0.05) is 32.0 Å². The summed E-state index contributed by atoms with van der Waals surface area (Å²) >= 11 is 0. The Morgan fingerprint density at radius 1 is 1.08 bits per heavy atom. The Morgan fingerprint density at radius 3 is 2.35 bits per heavy atom. The van der Waals surface area contributed by atoms with Gasteiger partial charge in [0.15, 0.2) is 0 Å². The first-order chi connectivity index (χ1) is 12.3. The highest BCUT2D eigenvalue weighted by molar-refractivity contribution is 7.89. The summed E-state index contributed by atoms with van der Waals surface area (Å²) in [6, 6.07) is 11.6. The minimum absolute atomic E-state index is 0.0209. The lowest BCUT2D eigenvalue weighted by atomic mass is 10.1. The van der Waals surface area contributed by atoms with Crippen LogP contribution in [0.4, 0.5) is 4.39 Å². The highest BCUT2D eigenvalue weighted by atomic mass is 32.2. The first kappa shape index (κ1) is 20.1. The number of rotatable bonds is 8. The minimum Gasteiger partial charge on any atom is -0.352 e. The normalized spacial score (nSPS) is 11.5. The molecule has 0 bridgehead atoms. The van der Waals surface area contributed by atoms with Gasteiger partial charge in [-0.25, -0.2) is 17.5 Å². The third-order valence-electron chi connectivity index (χ3n) is 3.84. The molecule has 2 aromatic carbocycles. The molecule has 0 aliphatic rings. The standard InChI is InChI=1S/C19H23FN2O3S/c1-14(2)11-12-21-19(23)15-7-9-17(10-8-15)26(24,25)22-13-16-5-3-4-6-18(16)20/h3-10,14,22H,11-13H2,1-2H3,(H,21,23). The van der Waals surface area contributed by atoms with Crippen molar-refractivity contribution >= 4 is 15.9 Å². The van der Waals surface area contributed by atoms with Gasteiger partial charge >= 0.3 is 0 Å². The van der Waals surface area contributed by atoms with Crippen molar-refractivity contribution in [3.63, 3.8) is 0 Å². The fourth-order valence-electron chi connectivity index (χ4n) is 2.26. The van der Waals surface area contributed by atoms with Gasteiger partial charge in [0.1, 0.15) is 5.82 Å². The molecule has 0 fully saturated rings. The molecule has 0 aliphatic carbocycles. The first-order valence-corrected chi connectivity index (χ1v) is 9.89. The Kier molecular flexibility index (Phi) is 6.88. The van der Waals surface area contributed by atoms with E-state index in [4.69, 9.17) is 0 Å². The molecule has 1 amide bonds. The molecular weight excluding hydrogens is 355 g/mol. The number of hydrogen-bond acceptors (Lipinski definition) is 3. The molecular formula is C19H23FN2O3S. The molecule has 5 nitrogen and oxygen atoms in total. The van der Waals surface area contributed by atoms with E-state index in [1.807, 2.05) is 0 Å². The van der Waals surface area contributed by atoms with Crippen LogP contribution in [0.1, 0.15) is 36.2 Å². The zero-order chi connectivity index (χ0) is 19.2. The van der Waals surface area contributed by atoms with Gasteiger partial charge in [0.05, 0.1) is 4.90 Å². The monoisotopic (exact) mass is 378 g/mol. The van der Waals surface area contributed by atoms with E-state index in [1.165, 1.54) is 42.5 Å². The summed E-state index contributed by atoms with van der Waals surface area (Å²) in [6.07, 6.45) is 0.873. The maximum Gasteiger partial charge on any atom is 0.251 e. The Balaban J connectivity index is 1.99. The number of benzene rings is 2. The lowest BCUT2D eigenvalue weighted by Crippen LogP contribution is -2.26. The topological polar surface area (TPSA) is 75.3 Å². The smallest absolute Gasteiger partial charge is 0.251 e. The average Bonchev–Trinajstić information content (AvgIpc) is 2.61. The number of hydrogen-bond donors (Lipinski definition) is 2. The van der Waals surface area contributed by atoms with E-state index in [9.17, 15) is 17.6 Å². The number of carbonyl (C=O) groups excluding carboxylic acids is 1. The highest BCUT2D eigenvalue weighted by Gasteiger charge is 2.15. The van der Waals surface area contributed by atoms with E-state index in [-0.39, 0.29) is 22.9 Å². The SMILES string of the molecule is CC(C)CCNC(=O)c1ccc(S(=O)(=O)NCc2ccccc2F)cc1. The van der Waals surface area contributed by atoms with Crippen LogP contribution in [0.5, 0.6) is 0 Å². The fourth-order valence-corrected chi connectivity index (χ4v) is 3.27. The molecule has 26 heavy (non-hydrogen) atoms. The van der Waals surface area contributed by atoms with Crippen molar-refractivity contribution in [1.29, 1.82) is 0 Å². The molecule has 0 atom stereocenters. The van der Waals surface area contributed by atoms with Crippen molar-refractivity contribution in [1.82, 2.24) is 10.0 Å². The van der Waals surface area contributed by atoms with Gasteiger partial charge in [0, 0.05) is 24.2 Å². The predicted molar refractivity (Wildman–Crippen MR) is 98.7 cm³/mol. The van der Waals surface area contributed by atoms with Gasteiger partial charge in [-0.05, 0) is 42.7 Å². The Morgan fingerprint density at radius 2 is 1.73 bits per heavy atom. The zero-order valence-electron chi connectivity index (χ0n) is 14.8. The van der Waals surface area contributed by atoms with E-state index in [0.29, 0.717) is 18.0 Å². The lowest BCUT2D eigenvalue weighted by molar-refractivity contribution is 0.0952. The van der Waals surface area contributed by atoms with E-state index < -0.39 is 15.8 Å². The maximum atomic E-state index is 13.6. The molecule has 2 N–H and O–H groups in total. The largest absolute Gasteiger partial charge is 0.352 e. The van der Waals surface area contributed by atoms with Crippen molar-refractivity contribution in [2.45, 2.75) is 31.7 Å². The fraction of sp³-hybridized carbons (Fsp3) is 0.316. The number of carbonyl (C=O) groups is 1. The van der Waals surface area contributed by atoms with Crippen LogP contribution in [-0.4, -0.2) is 20.9 Å². The molecule has 0 aromatic heterocycles. The van der Waals surface area contributed by atoms with Crippen molar-refractivity contribution in [2.75, 3.05) is 6.54 Å². The van der Waals surface area contributed by atoms with Gasteiger partial charge in [-0.15, -0.1) is 0 Å². The summed E-state index contributed by atoms with van der Waals surface area (Å²) in [4.78, 5) is 12.0. The molecule has 0 unspecified atom stereocenters. The van der Waals surface area contributed by atoms with Crippen molar-refractivity contribution in [3.8, 4) is 0 Å². The maximum absolute atomic E-state index is 13.6. The van der Waals surface area contributed by atoms with Gasteiger partial charge in [0.2, 0.25) is 10.0 Å². The molecule has 140 valence electrons. The van der Waals surface area contributed by atoms with Gasteiger partial charge in [-0.2, -0.15) is 0 Å². The van der Waals surface area contributed by atoms with Gasteiger partial charge < -0.3 is 5.32 Å².